The Bertz CT molecular complexity index is 1020. The summed E-state index contributed by atoms with van der Waals surface area (Å²) in [7, 11) is 0. The molecule has 1 N–H and O–H groups in total. The number of rotatable bonds is 11. The van der Waals surface area contributed by atoms with Crippen molar-refractivity contribution in [2.24, 2.45) is 0 Å². The van der Waals surface area contributed by atoms with Crippen molar-refractivity contribution in [1.29, 1.82) is 0 Å². The van der Waals surface area contributed by atoms with Crippen LogP contribution in [0.2, 0.25) is 0 Å². The van der Waals surface area contributed by atoms with Crippen LogP contribution in [0.15, 0.2) is 42.5 Å². The van der Waals surface area contributed by atoms with Gasteiger partial charge in [0.2, 0.25) is 5.91 Å². The molecule has 182 valence electrons. The van der Waals surface area contributed by atoms with E-state index >= 15 is 0 Å². The summed E-state index contributed by atoms with van der Waals surface area (Å²) in [5.74, 6) is -0.609. The van der Waals surface area contributed by atoms with E-state index in [1.807, 2.05) is 0 Å². The highest BCUT2D eigenvalue weighted by molar-refractivity contribution is 6.05. The molecule has 1 heterocycles. The quantitative estimate of drug-likeness (QED) is 0.507. The Hall–Kier alpha value is -3.46. The van der Waals surface area contributed by atoms with Gasteiger partial charge in [-0.2, -0.15) is 0 Å². The first-order valence-electron chi connectivity index (χ1n) is 11.3. The zero-order valence-corrected chi connectivity index (χ0v) is 19.7. The van der Waals surface area contributed by atoms with Gasteiger partial charge in [-0.1, -0.05) is 13.8 Å². The normalized spacial score (nSPS) is 13.8. The fourth-order valence-electron chi connectivity index (χ4n) is 3.67. The lowest BCUT2D eigenvalue weighted by Gasteiger charge is -2.33. The summed E-state index contributed by atoms with van der Waals surface area (Å²) in [5.41, 5.74) is 0.661. The van der Waals surface area contributed by atoms with Crippen molar-refractivity contribution in [2.45, 2.75) is 26.8 Å². The number of Topliss-reactive ketones (excluding diaryl/α,β-unsaturated/α-hetero) is 1. The lowest BCUT2D eigenvalue weighted by atomic mass is 10.1. The fourth-order valence-corrected chi connectivity index (χ4v) is 3.67. The average molecular weight is 472 g/mol. The zero-order chi connectivity index (χ0) is 24.7. The number of carbonyl (C=O) groups is 3. The molecule has 0 bridgehead atoms. The van der Waals surface area contributed by atoms with Crippen molar-refractivity contribution in [3.8, 4) is 11.5 Å². The number of nitrogens with one attached hydrogen (secondary N) is 1. The van der Waals surface area contributed by atoms with Crippen molar-refractivity contribution in [3.05, 3.63) is 53.8 Å². The van der Waals surface area contributed by atoms with Crippen LogP contribution in [0.1, 0.15) is 31.1 Å². The second kappa shape index (κ2) is 11.6. The van der Waals surface area contributed by atoms with Gasteiger partial charge in [0.1, 0.15) is 23.4 Å². The number of likely N-dealkylation sites (N-methyl/N-ethyl adjacent to an activating group) is 1. The van der Waals surface area contributed by atoms with Crippen LogP contribution in [0.4, 0.5) is 10.1 Å². The first kappa shape index (κ1) is 25.2. The summed E-state index contributed by atoms with van der Waals surface area (Å²) in [6, 6.07) is 9.29. The van der Waals surface area contributed by atoms with Crippen LogP contribution in [-0.2, 0) is 9.59 Å². The standard InChI is InChI=1S/C25H30FN3O5/c1-4-28(5-2)13-12-27-25(32)17(3)29-21-14-18(6-11-23(21)34-16-24(29)31)22(30)15-33-20-9-7-19(26)8-10-20/h6-11,14,17H,4-5,12-13,15-16H2,1-3H3,(H,27,32). The second-order valence-corrected chi connectivity index (χ2v) is 7.89. The van der Waals surface area contributed by atoms with Gasteiger partial charge in [0.15, 0.2) is 19.0 Å². The summed E-state index contributed by atoms with van der Waals surface area (Å²) < 4.78 is 24.0. The molecule has 2 aromatic rings. The number of nitrogens with zero attached hydrogens (tertiary/aromatic N) is 2. The van der Waals surface area contributed by atoms with Crippen LogP contribution in [0.3, 0.4) is 0 Å². The van der Waals surface area contributed by atoms with Crippen LogP contribution in [0.25, 0.3) is 0 Å². The minimum atomic E-state index is -0.785. The van der Waals surface area contributed by atoms with Crippen molar-refractivity contribution in [2.75, 3.05) is 44.3 Å². The lowest BCUT2D eigenvalue weighted by molar-refractivity contribution is -0.127. The molecule has 1 aliphatic rings. The molecule has 1 aliphatic heterocycles. The SMILES string of the molecule is CCN(CC)CCNC(=O)C(C)N1C(=O)COc2ccc(C(=O)COc3ccc(F)cc3)cc21. The molecule has 8 nitrogen and oxygen atoms in total. The molecule has 1 unspecified atom stereocenters. The lowest BCUT2D eigenvalue weighted by Crippen LogP contribution is -2.52. The highest BCUT2D eigenvalue weighted by Gasteiger charge is 2.33. The van der Waals surface area contributed by atoms with E-state index in [9.17, 15) is 18.8 Å². The van der Waals surface area contributed by atoms with Crippen LogP contribution in [0.5, 0.6) is 11.5 Å². The predicted molar refractivity (Wildman–Crippen MR) is 126 cm³/mol. The first-order chi connectivity index (χ1) is 16.3. The molecule has 0 spiro atoms. The molecule has 34 heavy (non-hydrogen) atoms. The summed E-state index contributed by atoms with van der Waals surface area (Å²) in [5, 5.41) is 2.88. The third-order valence-electron chi connectivity index (χ3n) is 5.73. The number of amides is 2. The van der Waals surface area contributed by atoms with Gasteiger partial charge in [0.05, 0.1) is 5.69 Å². The van der Waals surface area contributed by atoms with Gasteiger partial charge in [0, 0.05) is 18.7 Å². The minimum absolute atomic E-state index is 0.189. The second-order valence-electron chi connectivity index (χ2n) is 7.89. The average Bonchev–Trinajstić information content (AvgIpc) is 2.85. The highest BCUT2D eigenvalue weighted by atomic mass is 19.1. The van der Waals surface area contributed by atoms with Crippen LogP contribution in [0, 0.1) is 5.82 Å². The smallest absolute Gasteiger partial charge is 0.265 e. The zero-order valence-electron chi connectivity index (χ0n) is 19.7. The Morgan fingerprint density at radius 1 is 1.18 bits per heavy atom. The molecule has 0 saturated heterocycles. The van der Waals surface area contributed by atoms with E-state index in [0.717, 1.165) is 13.1 Å². The summed E-state index contributed by atoms with van der Waals surface area (Å²) in [6.45, 7) is 8.26. The molecule has 3 rings (SSSR count). The van der Waals surface area contributed by atoms with Gasteiger partial charge in [0.25, 0.3) is 5.91 Å². The Labute approximate surface area is 198 Å². The number of benzene rings is 2. The molecule has 0 radical (unpaired) electrons. The maximum absolute atomic E-state index is 13.0. The summed E-state index contributed by atoms with van der Waals surface area (Å²) >= 11 is 0. The van der Waals surface area contributed by atoms with Crippen molar-refractivity contribution in [1.82, 2.24) is 10.2 Å². The predicted octanol–water partition coefficient (Wildman–Crippen LogP) is 2.66. The Morgan fingerprint density at radius 3 is 2.56 bits per heavy atom. The van der Waals surface area contributed by atoms with Crippen LogP contribution < -0.4 is 19.7 Å². The van der Waals surface area contributed by atoms with Crippen molar-refractivity contribution in [3.63, 3.8) is 0 Å². The van der Waals surface area contributed by atoms with E-state index in [4.69, 9.17) is 9.47 Å². The van der Waals surface area contributed by atoms with E-state index in [2.05, 4.69) is 24.1 Å². The van der Waals surface area contributed by atoms with Gasteiger partial charge in [-0.15, -0.1) is 0 Å². The molecule has 1 atom stereocenters. The molecule has 0 aromatic heterocycles. The van der Waals surface area contributed by atoms with Crippen LogP contribution >= 0.6 is 0 Å². The maximum Gasteiger partial charge on any atom is 0.265 e. The summed E-state index contributed by atoms with van der Waals surface area (Å²) in [6.07, 6.45) is 0. The number of anilines is 1. The number of halogens is 1. The number of ketones is 1. The minimum Gasteiger partial charge on any atom is -0.485 e. The largest absolute Gasteiger partial charge is 0.485 e. The highest BCUT2D eigenvalue weighted by Crippen LogP contribution is 2.34. The Morgan fingerprint density at radius 2 is 1.88 bits per heavy atom. The van der Waals surface area contributed by atoms with Gasteiger partial charge in [-0.05, 0) is 62.5 Å². The van der Waals surface area contributed by atoms with E-state index in [-0.39, 0.29) is 30.8 Å². The van der Waals surface area contributed by atoms with Gasteiger partial charge in [-0.3, -0.25) is 19.3 Å². The Kier molecular flexibility index (Phi) is 8.59. The van der Waals surface area contributed by atoms with Crippen molar-refractivity contribution < 1.29 is 28.2 Å². The van der Waals surface area contributed by atoms with Gasteiger partial charge in [-0.25, -0.2) is 4.39 Å². The fraction of sp³-hybridized carbons (Fsp3) is 0.400. The Balaban J connectivity index is 1.70. The third kappa shape index (κ3) is 6.11. The molecule has 2 aromatic carbocycles. The van der Waals surface area contributed by atoms with E-state index < -0.39 is 11.9 Å². The van der Waals surface area contributed by atoms with E-state index in [1.165, 1.54) is 35.2 Å². The number of hydrogen-bond acceptors (Lipinski definition) is 6. The molecule has 0 fully saturated rings. The van der Waals surface area contributed by atoms with Gasteiger partial charge < -0.3 is 19.7 Å². The van der Waals surface area contributed by atoms with E-state index in [0.29, 0.717) is 35.8 Å². The molecule has 9 heteroatoms. The third-order valence-corrected chi connectivity index (χ3v) is 5.73. The number of ether oxygens (including phenoxy) is 2. The van der Waals surface area contributed by atoms with Crippen molar-refractivity contribution >= 4 is 23.3 Å². The molecule has 0 aliphatic carbocycles. The van der Waals surface area contributed by atoms with E-state index in [1.54, 1.807) is 19.1 Å². The van der Waals surface area contributed by atoms with Gasteiger partial charge >= 0.3 is 0 Å². The molecule has 2 amide bonds. The monoisotopic (exact) mass is 471 g/mol. The van der Waals surface area contributed by atoms with Crippen LogP contribution in [-0.4, -0.2) is 67.9 Å². The first-order valence-corrected chi connectivity index (χ1v) is 11.3. The molecular weight excluding hydrogens is 441 g/mol. The molecule has 0 saturated carbocycles. The summed E-state index contributed by atoms with van der Waals surface area (Å²) in [4.78, 5) is 41.7. The number of fused-ring (bicyclic) bond motifs is 1. The topological polar surface area (TPSA) is 88.2 Å². The number of hydrogen-bond donors (Lipinski definition) is 1. The number of carbonyl (C=O) groups excluding carboxylic acids is 3. The maximum atomic E-state index is 13.0. The molecular formula is C25H30FN3O5.